The van der Waals surface area contributed by atoms with Crippen molar-refractivity contribution in [1.29, 1.82) is 0 Å². The number of nitrogen functional groups attached to an aromatic ring is 1. The summed E-state index contributed by atoms with van der Waals surface area (Å²) in [6.45, 7) is 0. The van der Waals surface area contributed by atoms with E-state index in [1.807, 2.05) is 6.07 Å². The summed E-state index contributed by atoms with van der Waals surface area (Å²) in [6.07, 6.45) is 0. The average molecular weight is 346 g/mol. The summed E-state index contributed by atoms with van der Waals surface area (Å²) in [6, 6.07) is 15.0. The molecule has 0 spiro atoms. The third kappa shape index (κ3) is 2.61. The van der Waals surface area contributed by atoms with Crippen molar-refractivity contribution in [2.75, 3.05) is 5.73 Å². The molecule has 2 aromatic carbocycles. The van der Waals surface area contributed by atoms with Crippen molar-refractivity contribution >= 4 is 22.7 Å². The number of aromatic nitrogens is 3. The molecule has 4 aromatic rings. The Labute approximate surface area is 147 Å². The molecule has 0 saturated carbocycles. The van der Waals surface area contributed by atoms with Gasteiger partial charge in [0.05, 0.1) is 27.9 Å². The number of anilines is 1. The fourth-order valence-corrected chi connectivity index (χ4v) is 2.83. The molecule has 0 bridgehead atoms. The molecular formula is C19H14N4O3. The van der Waals surface area contributed by atoms with Crippen LogP contribution < -0.4 is 5.73 Å². The lowest BCUT2D eigenvalue weighted by atomic mass is 10.0. The SMILES string of the molecule is Nc1n[nH]c2cc(-c3ccc(C(=O)O)cc3)nc(-c3ccc(O)cc3)c12. The second-order valence-corrected chi connectivity index (χ2v) is 5.82. The van der Waals surface area contributed by atoms with E-state index in [1.54, 1.807) is 36.4 Å². The molecule has 2 aromatic heterocycles. The summed E-state index contributed by atoms with van der Waals surface area (Å²) < 4.78 is 0. The molecule has 26 heavy (non-hydrogen) atoms. The van der Waals surface area contributed by atoms with Crippen LogP contribution in [0.15, 0.2) is 54.6 Å². The van der Waals surface area contributed by atoms with E-state index in [4.69, 9.17) is 15.8 Å². The number of fused-ring (bicyclic) bond motifs is 1. The highest BCUT2D eigenvalue weighted by molar-refractivity contribution is 6.01. The first-order valence-electron chi connectivity index (χ1n) is 7.80. The summed E-state index contributed by atoms with van der Waals surface area (Å²) in [7, 11) is 0. The van der Waals surface area contributed by atoms with Crippen molar-refractivity contribution in [3.63, 3.8) is 0 Å². The van der Waals surface area contributed by atoms with Crippen LogP contribution in [0.4, 0.5) is 5.82 Å². The first-order chi connectivity index (χ1) is 12.5. The van der Waals surface area contributed by atoms with E-state index >= 15 is 0 Å². The van der Waals surface area contributed by atoms with E-state index in [-0.39, 0.29) is 11.3 Å². The van der Waals surface area contributed by atoms with Crippen LogP contribution in [-0.2, 0) is 0 Å². The number of phenols is 1. The summed E-state index contributed by atoms with van der Waals surface area (Å²) >= 11 is 0. The largest absolute Gasteiger partial charge is 0.508 e. The van der Waals surface area contributed by atoms with Crippen LogP contribution in [0.1, 0.15) is 10.4 Å². The number of nitrogens with one attached hydrogen (secondary N) is 1. The Morgan fingerprint density at radius 1 is 1.00 bits per heavy atom. The minimum atomic E-state index is -0.980. The number of hydrogen-bond acceptors (Lipinski definition) is 5. The summed E-state index contributed by atoms with van der Waals surface area (Å²) in [5.74, 6) is -0.486. The maximum Gasteiger partial charge on any atom is 0.335 e. The number of aromatic hydroxyl groups is 1. The Kier molecular flexibility index (Phi) is 3.54. The van der Waals surface area contributed by atoms with Gasteiger partial charge in [0.15, 0.2) is 5.82 Å². The van der Waals surface area contributed by atoms with Gasteiger partial charge in [-0.2, -0.15) is 5.10 Å². The van der Waals surface area contributed by atoms with E-state index < -0.39 is 5.97 Å². The lowest BCUT2D eigenvalue weighted by molar-refractivity contribution is 0.0697. The molecule has 0 unspecified atom stereocenters. The number of aromatic carboxylic acids is 1. The van der Waals surface area contributed by atoms with Gasteiger partial charge in [0, 0.05) is 11.1 Å². The number of benzene rings is 2. The topological polar surface area (TPSA) is 125 Å². The fraction of sp³-hybridized carbons (Fsp3) is 0. The van der Waals surface area contributed by atoms with Crippen molar-refractivity contribution in [1.82, 2.24) is 15.2 Å². The number of carboxylic acids is 1. The Bertz CT molecular complexity index is 1120. The maximum atomic E-state index is 11.0. The second kappa shape index (κ2) is 5.89. The first-order valence-corrected chi connectivity index (χ1v) is 7.80. The van der Waals surface area contributed by atoms with Gasteiger partial charge in [-0.05, 0) is 42.5 Å². The van der Waals surface area contributed by atoms with E-state index in [0.29, 0.717) is 22.6 Å². The standard InChI is InChI=1S/C19H14N4O3/c20-18-16-15(22-23-18)9-14(10-1-3-12(4-2-10)19(25)26)21-17(16)11-5-7-13(24)8-6-11/h1-9,24H,(H,25,26)(H3,20,22,23). The highest BCUT2D eigenvalue weighted by atomic mass is 16.4. The van der Waals surface area contributed by atoms with Gasteiger partial charge < -0.3 is 15.9 Å². The number of rotatable bonds is 3. The minimum Gasteiger partial charge on any atom is -0.508 e. The Hall–Kier alpha value is -3.87. The zero-order chi connectivity index (χ0) is 18.3. The molecule has 7 nitrogen and oxygen atoms in total. The number of nitrogens with zero attached hydrogens (tertiary/aromatic N) is 2. The zero-order valence-electron chi connectivity index (χ0n) is 13.5. The Balaban J connectivity index is 1.91. The quantitative estimate of drug-likeness (QED) is 0.451. The highest BCUT2D eigenvalue weighted by Gasteiger charge is 2.15. The van der Waals surface area contributed by atoms with Gasteiger partial charge in [0.2, 0.25) is 0 Å². The lowest BCUT2D eigenvalue weighted by Gasteiger charge is -2.08. The number of nitrogens with two attached hydrogens (primary N) is 1. The van der Waals surface area contributed by atoms with Crippen molar-refractivity contribution in [2.45, 2.75) is 0 Å². The van der Waals surface area contributed by atoms with Crippen LogP contribution in [0, 0.1) is 0 Å². The van der Waals surface area contributed by atoms with Crippen LogP contribution in [-0.4, -0.2) is 31.4 Å². The van der Waals surface area contributed by atoms with Gasteiger partial charge in [0.1, 0.15) is 5.75 Å². The van der Waals surface area contributed by atoms with Gasteiger partial charge in [-0.25, -0.2) is 9.78 Å². The average Bonchev–Trinajstić information content (AvgIpc) is 3.03. The summed E-state index contributed by atoms with van der Waals surface area (Å²) in [5, 5.41) is 26.2. The first kappa shape index (κ1) is 15.6. The second-order valence-electron chi connectivity index (χ2n) is 5.82. The fourth-order valence-electron chi connectivity index (χ4n) is 2.83. The number of pyridine rings is 1. The number of carbonyl (C=O) groups is 1. The molecule has 0 aliphatic heterocycles. The molecule has 0 aliphatic rings. The molecule has 4 rings (SSSR count). The Morgan fingerprint density at radius 3 is 2.31 bits per heavy atom. The third-order valence-corrected chi connectivity index (χ3v) is 4.14. The molecule has 128 valence electrons. The van der Waals surface area contributed by atoms with E-state index in [0.717, 1.165) is 16.6 Å². The van der Waals surface area contributed by atoms with Crippen molar-refractivity contribution in [2.24, 2.45) is 0 Å². The van der Waals surface area contributed by atoms with Gasteiger partial charge in [-0.1, -0.05) is 12.1 Å². The number of carboxylic acid groups (broad SMARTS) is 1. The molecule has 5 N–H and O–H groups in total. The van der Waals surface area contributed by atoms with Crippen molar-refractivity contribution in [3.05, 3.63) is 60.2 Å². The Morgan fingerprint density at radius 2 is 1.65 bits per heavy atom. The van der Waals surface area contributed by atoms with Crippen LogP contribution in [0.25, 0.3) is 33.4 Å². The number of hydrogen-bond donors (Lipinski definition) is 4. The minimum absolute atomic E-state index is 0.158. The smallest absolute Gasteiger partial charge is 0.335 e. The summed E-state index contributed by atoms with van der Waals surface area (Å²) in [5.41, 5.74) is 9.75. The molecule has 0 saturated heterocycles. The van der Waals surface area contributed by atoms with Crippen LogP contribution in [0.3, 0.4) is 0 Å². The third-order valence-electron chi connectivity index (χ3n) is 4.14. The van der Waals surface area contributed by atoms with Crippen LogP contribution in [0.2, 0.25) is 0 Å². The molecule has 0 radical (unpaired) electrons. The van der Waals surface area contributed by atoms with Crippen molar-refractivity contribution in [3.8, 4) is 28.3 Å². The summed E-state index contributed by atoms with van der Waals surface area (Å²) in [4.78, 5) is 15.7. The van der Waals surface area contributed by atoms with Crippen molar-refractivity contribution < 1.29 is 15.0 Å². The van der Waals surface area contributed by atoms with Crippen LogP contribution >= 0.6 is 0 Å². The number of aromatic amines is 1. The normalized spacial score (nSPS) is 10.9. The predicted molar refractivity (Wildman–Crippen MR) is 97.8 cm³/mol. The zero-order valence-corrected chi connectivity index (χ0v) is 13.5. The van der Waals surface area contributed by atoms with Gasteiger partial charge in [-0.15, -0.1) is 0 Å². The molecule has 7 heteroatoms. The van der Waals surface area contributed by atoms with Gasteiger partial charge >= 0.3 is 5.97 Å². The van der Waals surface area contributed by atoms with Gasteiger partial charge in [-0.3, -0.25) is 5.10 Å². The monoisotopic (exact) mass is 346 g/mol. The number of phenolic OH excluding ortho intramolecular Hbond substituents is 1. The van der Waals surface area contributed by atoms with E-state index in [1.165, 1.54) is 12.1 Å². The van der Waals surface area contributed by atoms with Crippen LogP contribution in [0.5, 0.6) is 5.75 Å². The molecule has 0 amide bonds. The van der Waals surface area contributed by atoms with E-state index in [9.17, 15) is 9.90 Å². The highest BCUT2D eigenvalue weighted by Crippen LogP contribution is 2.33. The molecule has 0 fully saturated rings. The predicted octanol–water partition coefficient (Wildman–Crippen LogP) is 3.28. The lowest BCUT2D eigenvalue weighted by Crippen LogP contribution is -1.96. The molecule has 2 heterocycles. The maximum absolute atomic E-state index is 11.0. The van der Waals surface area contributed by atoms with Gasteiger partial charge in [0.25, 0.3) is 0 Å². The molecular weight excluding hydrogens is 332 g/mol. The number of H-pyrrole nitrogens is 1. The van der Waals surface area contributed by atoms with E-state index in [2.05, 4.69) is 10.2 Å². The molecule has 0 aliphatic carbocycles. The molecule has 0 atom stereocenters.